The molecule has 0 aliphatic carbocycles. The first kappa shape index (κ1) is 28.0. The maximum absolute atomic E-state index is 14.0. The molecule has 2 aliphatic heterocycles. The van der Waals surface area contributed by atoms with Gasteiger partial charge in [-0.15, -0.1) is 0 Å². The number of esters is 1. The molecule has 9 nitrogen and oxygen atoms in total. The Balaban J connectivity index is 1.80. The fraction of sp³-hybridized carbons (Fsp3) is 0.345. The van der Waals surface area contributed by atoms with Crippen molar-refractivity contribution in [3.63, 3.8) is 0 Å². The zero-order valence-corrected chi connectivity index (χ0v) is 23.5. The van der Waals surface area contributed by atoms with Crippen LogP contribution < -0.4 is 24.3 Å². The van der Waals surface area contributed by atoms with Crippen LogP contribution in [0.3, 0.4) is 0 Å². The molecular weight excluding hydrogens is 520 g/mol. The number of carbonyl (C=O) groups excluding carboxylic acids is 2. The topological polar surface area (TPSA) is 95.6 Å². The van der Waals surface area contributed by atoms with E-state index in [9.17, 15) is 9.59 Å². The van der Waals surface area contributed by atoms with Crippen LogP contribution in [-0.2, 0) is 14.3 Å². The maximum Gasteiger partial charge on any atom is 0.338 e. The Bertz CT molecular complexity index is 1350. The highest BCUT2D eigenvalue weighted by molar-refractivity contribution is 7.80. The molecule has 39 heavy (non-hydrogen) atoms. The van der Waals surface area contributed by atoms with Crippen molar-refractivity contribution in [2.24, 2.45) is 0 Å². The van der Waals surface area contributed by atoms with E-state index in [1.807, 2.05) is 19.9 Å². The summed E-state index contributed by atoms with van der Waals surface area (Å²) in [4.78, 5) is 28.6. The molecule has 10 heteroatoms. The van der Waals surface area contributed by atoms with E-state index in [4.69, 9.17) is 35.9 Å². The van der Waals surface area contributed by atoms with E-state index in [0.29, 0.717) is 53.0 Å². The van der Waals surface area contributed by atoms with Gasteiger partial charge in [0.05, 0.1) is 31.4 Å². The van der Waals surface area contributed by atoms with Crippen LogP contribution in [0, 0.1) is 0 Å². The third kappa shape index (κ3) is 5.85. The van der Waals surface area contributed by atoms with Gasteiger partial charge >= 0.3 is 5.97 Å². The fourth-order valence-electron chi connectivity index (χ4n) is 4.48. The first-order valence-corrected chi connectivity index (χ1v) is 13.2. The lowest BCUT2D eigenvalue weighted by molar-refractivity contribution is -0.139. The normalized spacial score (nSPS) is 16.6. The highest BCUT2D eigenvalue weighted by atomic mass is 32.1. The molecular formula is C29H32N2O7S. The molecule has 1 unspecified atom stereocenters. The molecule has 206 valence electrons. The van der Waals surface area contributed by atoms with Crippen molar-refractivity contribution in [1.29, 1.82) is 0 Å². The zero-order chi connectivity index (χ0) is 28.1. The fourth-order valence-corrected chi connectivity index (χ4v) is 4.82. The zero-order valence-electron chi connectivity index (χ0n) is 22.7. The van der Waals surface area contributed by atoms with Gasteiger partial charge in [-0.3, -0.25) is 9.69 Å². The Hall–Kier alpha value is -4.05. The molecule has 4 rings (SSSR count). The van der Waals surface area contributed by atoms with Gasteiger partial charge in [-0.1, -0.05) is 12.1 Å². The summed E-state index contributed by atoms with van der Waals surface area (Å²) < 4.78 is 27.8. The monoisotopic (exact) mass is 552 g/mol. The predicted molar refractivity (Wildman–Crippen MR) is 150 cm³/mol. The lowest BCUT2D eigenvalue weighted by Gasteiger charge is -2.38. The number of fused-ring (bicyclic) bond motifs is 1. The molecule has 2 aromatic rings. The number of thiocarbonyl (C=S) groups is 1. The Morgan fingerprint density at radius 2 is 1.74 bits per heavy atom. The average molecular weight is 553 g/mol. The minimum absolute atomic E-state index is 0.157. The summed E-state index contributed by atoms with van der Waals surface area (Å²) >= 11 is 5.65. The Kier molecular flexibility index (Phi) is 8.75. The first-order chi connectivity index (χ1) is 18.8. The van der Waals surface area contributed by atoms with E-state index in [-0.39, 0.29) is 30.0 Å². The molecule has 0 bridgehead atoms. The summed E-state index contributed by atoms with van der Waals surface area (Å²) in [5.74, 6) is 1.40. The van der Waals surface area contributed by atoms with E-state index in [0.717, 1.165) is 5.56 Å². The molecule has 2 aliphatic rings. The number of nitrogens with one attached hydrogen (secondary N) is 1. The van der Waals surface area contributed by atoms with Crippen molar-refractivity contribution >= 4 is 35.3 Å². The lowest BCUT2D eigenvalue weighted by atomic mass is 9.92. The third-order valence-corrected chi connectivity index (χ3v) is 6.46. The molecule has 0 aromatic heterocycles. The van der Waals surface area contributed by atoms with Gasteiger partial charge in [0.15, 0.2) is 28.1 Å². The van der Waals surface area contributed by atoms with Crippen molar-refractivity contribution < 1.29 is 33.3 Å². The Morgan fingerprint density at radius 1 is 1.03 bits per heavy atom. The lowest BCUT2D eigenvalue weighted by Crippen LogP contribution is -2.51. The summed E-state index contributed by atoms with van der Waals surface area (Å²) in [7, 11) is 0. The van der Waals surface area contributed by atoms with Crippen LogP contribution in [-0.4, -0.2) is 48.5 Å². The van der Waals surface area contributed by atoms with E-state index >= 15 is 0 Å². The average Bonchev–Trinajstić information content (AvgIpc) is 3.37. The summed E-state index contributed by atoms with van der Waals surface area (Å²) in [6.07, 6.45) is 1.74. The molecule has 0 fully saturated rings. The van der Waals surface area contributed by atoms with Crippen molar-refractivity contribution in [2.45, 2.75) is 40.7 Å². The number of hydrogen-bond donors (Lipinski definition) is 1. The first-order valence-electron chi connectivity index (χ1n) is 12.8. The molecule has 2 aromatic carbocycles. The smallest absolute Gasteiger partial charge is 0.338 e. The van der Waals surface area contributed by atoms with Gasteiger partial charge < -0.3 is 29.0 Å². The molecule has 0 saturated carbocycles. The number of carbonyl (C=O) groups is 2. The van der Waals surface area contributed by atoms with Crippen molar-refractivity contribution in [3.05, 3.63) is 64.4 Å². The number of benzene rings is 2. The summed E-state index contributed by atoms with van der Waals surface area (Å²) in [5, 5.41) is 3.19. The predicted octanol–water partition coefficient (Wildman–Crippen LogP) is 4.91. The van der Waals surface area contributed by atoms with Crippen molar-refractivity contribution in [3.8, 4) is 23.0 Å². The van der Waals surface area contributed by atoms with Gasteiger partial charge in [-0.25, -0.2) is 4.79 Å². The van der Waals surface area contributed by atoms with Gasteiger partial charge in [-0.05, 0) is 88.3 Å². The maximum atomic E-state index is 14.0. The summed E-state index contributed by atoms with van der Waals surface area (Å²) in [6.45, 7) is 10.1. The van der Waals surface area contributed by atoms with Crippen LogP contribution in [0.15, 0.2) is 53.2 Å². The van der Waals surface area contributed by atoms with Crippen LogP contribution in [0.2, 0.25) is 0 Å². The largest absolute Gasteiger partial charge is 0.490 e. The highest BCUT2D eigenvalue weighted by Crippen LogP contribution is 2.40. The van der Waals surface area contributed by atoms with E-state index < -0.39 is 12.0 Å². The Labute approximate surface area is 233 Å². The number of amides is 1. The van der Waals surface area contributed by atoms with Crippen LogP contribution in [0.1, 0.15) is 51.8 Å². The number of allylic oxidation sites excluding steroid dienone is 1. The summed E-state index contributed by atoms with van der Waals surface area (Å²) in [5.41, 5.74) is 2.58. The number of nitrogens with zero attached hydrogens (tertiary/aromatic N) is 1. The van der Waals surface area contributed by atoms with Crippen molar-refractivity contribution in [1.82, 2.24) is 10.2 Å². The van der Waals surface area contributed by atoms with Crippen LogP contribution in [0.5, 0.6) is 23.0 Å². The molecule has 1 N–H and O–H groups in total. The summed E-state index contributed by atoms with van der Waals surface area (Å²) in [6, 6.07) is 9.92. The minimum atomic E-state index is -0.861. The minimum Gasteiger partial charge on any atom is -0.490 e. The molecule has 1 amide bonds. The van der Waals surface area contributed by atoms with E-state index in [2.05, 4.69) is 5.32 Å². The number of rotatable bonds is 9. The van der Waals surface area contributed by atoms with Crippen LogP contribution >= 0.6 is 12.2 Å². The molecule has 0 saturated heterocycles. The third-order valence-electron chi connectivity index (χ3n) is 6.16. The molecule has 2 heterocycles. The molecule has 1 atom stereocenters. The molecule has 0 radical (unpaired) electrons. The van der Waals surface area contributed by atoms with Crippen LogP contribution in [0.4, 0.5) is 0 Å². The standard InChI is InChI=1S/C29H32N2O7S/c1-6-34-21-12-10-20(15-24(21)35-7-2)26-25(28(33)36-8-3)18(5)30-29(39)31(26)27(32)17(4)13-19-9-11-22-23(14-19)38-16-37-22/h9-15,26H,6-8,16H2,1-5H3,(H,30,39)/b17-13+. The van der Waals surface area contributed by atoms with Gasteiger partial charge in [0, 0.05) is 11.3 Å². The van der Waals surface area contributed by atoms with E-state index in [1.165, 1.54) is 4.90 Å². The van der Waals surface area contributed by atoms with Gasteiger partial charge in [-0.2, -0.15) is 0 Å². The van der Waals surface area contributed by atoms with Crippen LogP contribution in [0.25, 0.3) is 6.08 Å². The highest BCUT2D eigenvalue weighted by Gasteiger charge is 2.41. The van der Waals surface area contributed by atoms with Gasteiger partial charge in [0.2, 0.25) is 6.79 Å². The van der Waals surface area contributed by atoms with Gasteiger partial charge in [0.25, 0.3) is 5.91 Å². The van der Waals surface area contributed by atoms with Gasteiger partial charge in [0.1, 0.15) is 0 Å². The second-order valence-corrected chi connectivity index (χ2v) is 9.17. The second kappa shape index (κ2) is 12.2. The quantitative estimate of drug-likeness (QED) is 0.264. The van der Waals surface area contributed by atoms with Crippen molar-refractivity contribution in [2.75, 3.05) is 26.6 Å². The van der Waals surface area contributed by atoms with E-state index in [1.54, 1.807) is 57.2 Å². The molecule has 0 spiro atoms. The second-order valence-electron chi connectivity index (χ2n) is 8.78. The Morgan fingerprint density at radius 3 is 2.46 bits per heavy atom. The number of hydrogen-bond acceptors (Lipinski definition) is 8. The number of ether oxygens (including phenoxy) is 5. The SMILES string of the molecule is CCOC(=O)C1=C(C)NC(=S)N(C(=O)/C(C)=C/c2ccc3c(c2)OCO3)C1c1ccc(OCC)c(OCC)c1.